The molecule has 0 amide bonds. The normalized spacial score (nSPS) is 15.9. The summed E-state index contributed by atoms with van der Waals surface area (Å²) in [5.41, 5.74) is 0. The molecule has 0 spiro atoms. The zero-order valence-electron chi connectivity index (χ0n) is 12.1. The van der Waals surface area contributed by atoms with Gasteiger partial charge in [-0.2, -0.15) is 0 Å². The van der Waals surface area contributed by atoms with Gasteiger partial charge in [-0.25, -0.2) is 4.98 Å². The van der Waals surface area contributed by atoms with E-state index in [1.165, 1.54) is 12.8 Å². The zero-order chi connectivity index (χ0) is 14.1. The number of nitrogens with one attached hydrogen (secondary N) is 1. The molecule has 2 aromatic rings. The van der Waals surface area contributed by atoms with Crippen LogP contribution in [0.4, 0.5) is 5.82 Å². The number of anilines is 1. The summed E-state index contributed by atoms with van der Waals surface area (Å²) in [7, 11) is 3.30. The molecular weight excluding hydrogens is 252 g/mol. The Hall–Kier alpha value is -1.97. The van der Waals surface area contributed by atoms with Gasteiger partial charge in [-0.3, -0.25) is 0 Å². The molecule has 1 fully saturated rings. The maximum Gasteiger partial charge on any atom is 0.161 e. The maximum atomic E-state index is 5.38. The summed E-state index contributed by atoms with van der Waals surface area (Å²) < 4.78 is 10.7. The van der Waals surface area contributed by atoms with Gasteiger partial charge in [0.15, 0.2) is 11.5 Å². The third-order valence-electron chi connectivity index (χ3n) is 3.96. The SMILES string of the molecule is COc1cc2ccnc(NC(C)C3CC3)c2cc1OC. The lowest BCUT2D eigenvalue weighted by atomic mass is 10.1. The van der Waals surface area contributed by atoms with E-state index in [1.54, 1.807) is 14.2 Å². The molecule has 0 radical (unpaired) electrons. The predicted octanol–water partition coefficient (Wildman–Crippen LogP) is 3.46. The molecular formula is C16H20N2O2. The second kappa shape index (κ2) is 5.19. The number of hydrogen-bond acceptors (Lipinski definition) is 4. The summed E-state index contributed by atoms with van der Waals surface area (Å²) in [6.07, 6.45) is 4.46. The van der Waals surface area contributed by atoms with E-state index in [1.807, 2.05) is 24.4 Å². The first-order valence-corrected chi connectivity index (χ1v) is 7.00. The van der Waals surface area contributed by atoms with Crippen LogP contribution < -0.4 is 14.8 Å². The van der Waals surface area contributed by atoms with Crippen LogP contribution in [0.15, 0.2) is 24.4 Å². The fourth-order valence-electron chi connectivity index (χ4n) is 2.54. The Bertz CT molecular complexity index is 623. The van der Waals surface area contributed by atoms with E-state index in [0.717, 1.165) is 34.0 Å². The summed E-state index contributed by atoms with van der Waals surface area (Å²) >= 11 is 0. The summed E-state index contributed by atoms with van der Waals surface area (Å²) in [6.45, 7) is 2.22. The summed E-state index contributed by atoms with van der Waals surface area (Å²) in [5.74, 6) is 3.18. The Morgan fingerprint density at radius 3 is 2.55 bits per heavy atom. The molecule has 4 nitrogen and oxygen atoms in total. The minimum absolute atomic E-state index is 0.459. The number of aromatic nitrogens is 1. The molecule has 1 aromatic heterocycles. The van der Waals surface area contributed by atoms with Gasteiger partial charge in [0.05, 0.1) is 14.2 Å². The van der Waals surface area contributed by atoms with Crippen LogP contribution in [0.25, 0.3) is 10.8 Å². The average molecular weight is 272 g/mol. The van der Waals surface area contributed by atoms with E-state index in [-0.39, 0.29) is 0 Å². The molecule has 1 heterocycles. The molecule has 106 valence electrons. The largest absolute Gasteiger partial charge is 0.493 e. The van der Waals surface area contributed by atoms with Crippen molar-refractivity contribution in [2.45, 2.75) is 25.8 Å². The smallest absolute Gasteiger partial charge is 0.161 e. The Balaban J connectivity index is 2.03. The van der Waals surface area contributed by atoms with E-state index in [4.69, 9.17) is 9.47 Å². The average Bonchev–Trinajstić information content (AvgIpc) is 3.30. The quantitative estimate of drug-likeness (QED) is 0.905. The Morgan fingerprint density at radius 2 is 1.90 bits per heavy atom. The molecule has 3 rings (SSSR count). The second-order valence-electron chi connectivity index (χ2n) is 5.36. The lowest BCUT2D eigenvalue weighted by Gasteiger charge is -2.16. The lowest BCUT2D eigenvalue weighted by Crippen LogP contribution is -2.18. The fourth-order valence-corrected chi connectivity index (χ4v) is 2.54. The Kier molecular flexibility index (Phi) is 3.38. The lowest BCUT2D eigenvalue weighted by molar-refractivity contribution is 0.356. The minimum atomic E-state index is 0.459. The van der Waals surface area contributed by atoms with Gasteiger partial charge in [0.25, 0.3) is 0 Å². The van der Waals surface area contributed by atoms with Gasteiger partial charge in [-0.05, 0) is 49.3 Å². The van der Waals surface area contributed by atoms with Gasteiger partial charge < -0.3 is 14.8 Å². The van der Waals surface area contributed by atoms with E-state index < -0.39 is 0 Å². The molecule has 1 N–H and O–H groups in total. The van der Waals surface area contributed by atoms with Gasteiger partial charge in [0.1, 0.15) is 5.82 Å². The summed E-state index contributed by atoms with van der Waals surface area (Å²) in [5, 5.41) is 5.70. The van der Waals surface area contributed by atoms with Crippen LogP contribution in [-0.4, -0.2) is 25.2 Å². The maximum absolute atomic E-state index is 5.38. The van der Waals surface area contributed by atoms with Crippen molar-refractivity contribution >= 4 is 16.6 Å². The van der Waals surface area contributed by atoms with Gasteiger partial charge in [0, 0.05) is 17.6 Å². The first kappa shape index (κ1) is 13.0. The number of methoxy groups -OCH3 is 2. The molecule has 1 aliphatic carbocycles. The van der Waals surface area contributed by atoms with Crippen LogP contribution in [0.5, 0.6) is 11.5 Å². The van der Waals surface area contributed by atoms with Gasteiger partial charge >= 0.3 is 0 Å². The van der Waals surface area contributed by atoms with Crippen molar-refractivity contribution in [3.05, 3.63) is 24.4 Å². The van der Waals surface area contributed by atoms with Crippen LogP contribution in [0.2, 0.25) is 0 Å². The predicted molar refractivity (Wildman–Crippen MR) is 80.7 cm³/mol. The number of rotatable bonds is 5. The number of fused-ring (bicyclic) bond motifs is 1. The van der Waals surface area contributed by atoms with Crippen LogP contribution in [-0.2, 0) is 0 Å². The van der Waals surface area contributed by atoms with Crippen LogP contribution in [0.3, 0.4) is 0 Å². The number of ether oxygens (including phenoxy) is 2. The zero-order valence-corrected chi connectivity index (χ0v) is 12.1. The van der Waals surface area contributed by atoms with E-state index >= 15 is 0 Å². The van der Waals surface area contributed by atoms with Gasteiger partial charge in [0.2, 0.25) is 0 Å². The van der Waals surface area contributed by atoms with Crippen molar-refractivity contribution < 1.29 is 9.47 Å². The number of benzene rings is 1. The molecule has 1 atom stereocenters. The van der Waals surface area contributed by atoms with Crippen molar-refractivity contribution in [1.29, 1.82) is 0 Å². The molecule has 1 saturated carbocycles. The molecule has 1 unspecified atom stereocenters. The second-order valence-corrected chi connectivity index (χ2v) is 5.36. The number of pyridine rings is 1. The highest BCUT2D eigenvalue weighted by molar-refractivity contribution is 5.94. The van der Waals surface area contributed by atoms with Crippen molar-refractivity contribution in [3.63, 3.8) is 0 Å². The first-order valence-electron chi connectivity index (χ1n) is 7.00. The molecule has 20 heavy (non-hydrogen) atoms. The van der Waals surface area contributed by atoms with Crippen molar-refractivity contribution in [2.24, 2.45) is 5.92 Å². The Labute approximate surface area is 119 Å². The Morgan fingerprint density at radius 1 is 1.20 bits per heavy atom. The molecule has 4 heteroatoms. The molecule has 1 aliphatic rings. The standard InChI is InChI=1S/C16H20N2O2/c1-10(11-4-5-11)18-16-13-9-15(20-3)14(19-2)8-12(13)6-7-17-16/h6-11H,4-5H2,1-3H3,(H,17,18). The molecule has 0 bridgehead atoms. The van der Waals surface area contributed by atoms with E-state index in [2.05, 4.69) is 17.2 Å². The highest BCUT2D eigenvalue weighted by Crippen LogP contribution is 2.37. The monoisotopic (exact) mass is 272 g/mol. The highest BCUT2D eigenvalue weighted by Gasteiger charge is 2.28. The van der Waals surface area contributed by atoms with Crippen molar-refractivity contribution in [2.75, 3.05) is 19.5 Å². The van der Waals surface area contributed by atoms with Crippen molar-refractivity contribution in [3.8, 4) is 11.5 Å². The van der Waals surface area contributed by atoms with E-state index in [9.17, 15) is 0 Å². The van der Waals surface area contributed by atoms with E-state index in [0.29, 0.717) is 6.04 Å². The fraction of sp³-hybridized carbons (Fsp3) is 0.438. The number of hydrogen-bond donors (Lipinski definition) is 1. The summed E-state index contributed by atoms with van der Waals surface area (Å²) in [6, 6.07) is 6.43. The first-order chi connectivity index (χ1) is 9.72. The van der Waals surface area contributed by atoms with Crippen LogP contribution in [0.1, 0.15) is 19.8 Å². The minimum Gasteiger partial charge on any atom is -0.493 e. The van der Waals surface area contributed by atoms with Gasteiger partial charge in [-0.15, -0.1) is 0 Å². The third kappa shape index (κ3) is 2.38. The topological polar surface area (TPSA) is 43.4 Å². The van der Waals surface area contributed by atoms with Crippen molar-refractivity contribution in [1.82, 2.24) is 4.98 Å². The third-order valence-corrected chi connectivity index (χ3v) is 3.96. The highest BCUT2D eigenvalue weighted by atomic mass is 16.5. The van der Waals surface area contributed by atoms with Gasteiger partial charge in [-0.1, -0.05) is 0 Å². The molecule has 1 aromatic carbocycles. The number of nitrogens with zero attached hydrogens (tertiary/aromatic N) is 1. The van der Waals surface area contributed by atoms with Crippen LogP contribution >= 0.6 is 0 Å². The van der Waals surface area contributed by atoms with Crippen LogP contribution in [0, 0.1) is 5.92 Å². The molecule has 0 saturated heterocycles. The molecule has 0 aliphatic heterocycles. The summed E-state index contributed by atoms with van der Waals surface area (Å²) in [4.78, 5) is 4.48.